The van der Waals surface area contributed by atoms with Gasteiger partial charge in [0.25, 0.3) is 5.82 Å². The van der Waals surface area contributed by atoms with Crippen molar-refractivity contribution in [2.75, 3.05) is 4.81 Å². The fraction of sp³-hybridized carbons (Fsp3) is 0.190. The molecule has 0 radical (unpaired) electrons. The first-order chi connectivity index (χ1) is 11.7. The highest BCUT2D eigenvalue weighted by Gasteiger charge is 2.50. The molecule has 1 aromatic heterocycles. The van der Waals surface area contributed by atoms with Gasteiger partial charge in [-0.25, -0.2) is 4.57 Å². The van der Waals surface area contributed by atoms with Gasteiger partial charge in [0.2, 0.25) is 0 Å². The van der Waals surface area contributed by atoms with Crippen molar-refractivity contribution in [3.8, 4) is 0 Å². The SMILES string of the molecule is Cc1ccccc1N1B(c2ccccc2)C(C)c2ccc[n+](C)c21. The van der Waals surface area contributed by atoms with E-state index in [1.165, 1.54) is 28.1 Å². The Hall–Kier alpha value is -2.55. The number of benzene rings is 2. The largest absolute Gasteiger partial charge is 0.420 e. The van der Waals surface area contributed by atoms with Gasteiger partial charge >= 0.3 is 6.85 Å². The summed E-state index contributed by atoms with van der Waals surface area (Å²) >= 11 is 0. The van der Waals surface area contributed by atoms with Gasteiger partial charge in [0.1, 0.15) is 5.69 Å². The summed E-state index contributed by atoms with van der Waals surface area (Å²) in [7, 11) is 2.14. The zero-order valence-electron chi connectivity index (χ0n) is 14.5. The second kappa shape index (κ2) is 5.83. The van der Waals surface area contributed by atoms with Crippen molar-refractivity contribution in [3.63, 3.8) is 0 Å². The Labute approximate surface area is 144 Å². The fourth-order valence-electron chi connectivity index (χ4n) is 4.00. The van der Waals surface area contributed by atoms with E-state index in [1.54, 1.807) is 0 Å². The van der Waals surface area contributed by atoms with Gasteiger partial charge in [-0.15, -0.1) is 0 Å². The second-order valence-electron chi connectivity index (χ2n) is 6.70. The topological polar surface area (TPSA) is 7.12 Å². The van der Waals surface area contributed by atoms with Crippen molar-refractivity contribution in [2.24, 2.45) is 7.05 Å². The first-order valence-electron chi connectivity index (χ1n) is 8.57. The molecule has 1 unspecified atom stereocenters. The molecule has 1 aliphatic heterocycles. The smallest absolute Gasteiger partial charge is 0.285 e. The van der Waals surface area contributed by atoms with Crippen LogP contribution in [0.3, 0.4) is 0 Å². The van der Waals surface area contributed by atoms with Crippen LogP contribution in [0.2, 0.25) is 0 Å². The molecule has 0 aliphatic carbocycles. The summed E-state index contributed by atoms with van der Waals surface area (Å²) in [5, 5.41) is 0. The number of aryl methyl sites for hydroxylation is 2. The molecule has 0 saturated carbocycles. The van der Waals surface area contributed by atoms with Crippen LogP contribution in [0.1, 0.15) is 23.9 Å². The molecule has 24 heavy (non-hydrogen) atoms. The minimum atomic E-state index is 0.316. The summed E-state index contributed by atoms with van der Waals surface area (Å²) in [6.07, 6.45) is 2.14. The summed E-state index contributed by atoms with van der Waals surface area (Å²) in [5.41, 5.74) is 5.38. The van der Waals surface area contributed by atoms with Gasteiger partial charge in [-0.1, -0.05) is 55.5 Å². The molecule has 118 valence electrons. The molecular weight excluding hydrogens is 291 g/mol. The lowest BCUT2D eigenvalue weighted by molar-refractivity contribution is -0.658. The maximum Gasteiger partial charge on any atom is 0.420 e. The molecule has 0 spiro atoms. The number of aromatic nitrogens is 1. The van der Waals surface area contributed by atoms with Crippen LogP contribution in [-0.4, -0.2) is 6.85 Å². The standard InChI is InChI=1S/C21H22BN2/c1-16-10-7-8-14-20(16)24-21-19(13-9-15-23(21)3)17(2)22(24)18-11-5-4-6-12-18/h4-15,17H,1-3H3/q+1. The molecule has 1 atom stereocenters. The molecule has 2 aromatic carbocycles. The molecule has 2 nitrogen and oxygen atoms in total. The quantitative estimate of drug-likeness (QED) is 0.519. The van der Waals surface area contributed by atoms with Crippen molar-refractivity contribution in [3.05, 3.63) is 84.1 Å². The van der Waals surface area contributed by atoms with Crippen molar-refractivity contribution in [1.82, 2.24) is 0 Å². The van der Waals surface area contributed by atoms with E-state index >= 15 is 0 Å². The Kier molecular flexibility index (Phi) is 3.64. The summed E-state index contributed by atoms with van der Waals surface area (Å²) in [6.45, 7) is 4.86. The molecule has 0 amide bonds. The molecule has 3 heteroatoms. The Bertz CT molecular complexity index is 876. The summed E-state index contributed by atoms with van der Waals surface area (Å²) in [4.78, 5) is 2.52. The van der Waals surface area contributed by atoms with E-state index in [0.717, 1.165) is 0 Å². The first kappa shape index (κ1) is 15.0. The van der Waals surface area contributed by atoms with Crippen LogP contribution < -0.4 is 14.8 Å². The number of anilines is 2. The highest BCUT2D eigenvalue weighted by Crippen LogP contribution is 2.41. The molecule has 0 bridgehead atoms. The molecule has 0 N–H and O–H groups in total. The second-order valence-corrected chi connectivity index (χ2v) is 6.70. The summed E-state index contributed by atoms with van der Waals surface area (Å²) < 4.78 is 2.25. The van der Waals surface area contributed by atoms with Gasteiger partial charge in [-0.2, -0.15) is 0 Å². The lowest BCUT2D eigenvalue weighted by Gasteiger charge is -2.22. The average molecular weight is 313 g/mol. The minimum Gasteiger partial charge on any atom is -0.285 e. The molecule has 0 saturated heterocycles. The van der Waals surface area contributed by atoms with E-state index in [1.807, 2.05) is 0 Å². The molecular formula is C21H22BN2+. The van der Waals surface area contributed by atoms with E-state index in [-0.39, 0.29) is 0 Å². The van der Waals surface area contributed by atoms with Gasteiger partial charge in [-0.3, -0.25) is 4.81 Å². The van der Waals surface area contributed by atoms with Crippen LogP contribution >= 0.6 is 0 Å². The predicted octanol–water partition coefficient (Wildman–Crippen LogP) is 3.51. The number of para-hydroxylation sites is 1. The van der Waals surface area contributed by atoms with Crippen molar-refractivity contribution < 1.29 is 4.57 Å². The number of hydrogen-bond acceptors (Lipinski definition) is 1. The third-order valence-electron chi connectivity index (χ3n) is 5.16. The zero-order valence-corrected chi connectivity index (χ0v) is 14.5. The van der Waals surface area contributed by atoms with Crippen LogP contribution in [-0.2, 0) is 7.05 Å². The third-order valence-corrected chi connectivity index (χ3v) is 5.16. The molecule has 2 heterocycles. The summed E-state index contributed by atoms with van der Waals surface area (Å²) in [5.74, 6) is 1.74. The lowest BCUT2D eigenvalue weighted by Crippen LogP contribution is -2.48. The monoisotopic (exact) mass is 313 g/mol. The molecule has 3 aromatic rings. The Morgan fingerprint density at radius 3 is 2.38 bits per heavy atom. The Morgan fingerprint density at radius 1 is 0.917 bits per heavy atom. The van der Waals surface area contributed by atoms with Crippen LogP contribution in [0.5, 0.6) is 0 Å². The van der Waals surface area contributed by atoms with Crippen LogP contribution in [0.15, 0.2) is 72.9 Å². The number of hydrogen-bond donors (Lipinski definition) is 0. The zero-order chi connectivity index (χ0) is 16.7. The van der Waals surface area contributed by atoms with Gasteiger partial charge in [-0.05, 0) is 36.1 Å². The van der Waals surface area contributed by atoms with Crippen LogP contribution in [0.25, 0.3) is 0 Å². The van der Waals surface area contributed by atoms with Crippen LogP contribution in [0, 0.1) is 6.92 Å². The van der Waals surface area contributed by atoms with E-state index in [9.17, 15) is 0 Å². The lowest BCUT2D eigenvalue weighted by atomic mass is 9.46. The maximum absolute atomic E-state index is 2.52. The maximum atomic E-state index is 2.52. The van der Waals surface area contributed by atoms with Gasteiger partial charge in [0.05, 0.1) is 13.2 Å². The Balaban J connectivity index is 1.97. The molecule has 1 aliphatic rings. The van der Waals surface area contributed by atoms with Crippen molar-refractivity contribution >= 4 is 23.8 Å². The van der Waals surface area contributed by atoms with Crippen molar-refractivity contribution in [1.29, 1.82) is 0 Å². The fourth-order valence-corrected chi connectivity index (χ4v) is 4.00. The molecule has 0 fully saturated rings. The van der Waals surface area contributed by atoms with Crippen LogP contribution in [0.4, 0.5) is 11.5 Å². The number of fused-ring (bicyclic) bond motifs is 1. The molecule has 4 rings (SSSR count). The highest BCUT2D eigenvalue weighted by molar-refractivity contribution is 6.80. The first-order valence-corrected chi connectivity index (χ1v) is 8.57. The van der Waals surface area contributed by atoms with E-state index in [2.05, 4.69) is 103 Å². The normalized spacial score (nSPS) is 16.4. The average Bonchev–Trinajstić information content (AvgIpc) is 2.90. The predicted molar refractivity (Wildman–Crippen MR) is 101 cm³/mol. The van der Waals surface area contributed by atoms with Gasteiger partial charge < -0.3 is 0 Å². The van der Waals surface area contributed by atoms with E-state index < -0.39 is 0 Å². The Morgan fingerprint density at radius 2 is 1.62 bits per heavy atom. The third kappa shape index (κ3) is 2.23. The highest BCUT2D eigenvalue weighted by atomic mass is 15.2. The number of pyridine rings is 1. The van der Waals surface area contributed by atoms with E-state index in [4.69, 9.17) is 0 Å². The van der Waals surface area contributed by atoms with Gasteiger partial charge in [0, 0.05) is 11.4 Å². The number of nitrogens with zero attached hydrogens (tertiary/aromatic N) is 2. The van der Waals surface area contributed by atoms with E-state index in [0.29, 0.717) is 12.7 Å². The number of rotatable bonds is 2. The van der Waals surface area contributed by atoms with Gasteiger partial charge in [0.15, 0.2) is 0 Å². The minimum absolute atomic E-state index is 0.316. The van der Waals surface area contributed by atoms with Crippen molar-refractivity contribution in [2.45, 2.75) is 19.7 Å². The summed E-state index contributed by atoms with van der Waals surface area (Å²) in [6, 6.07) is 24.0.